The lowest BCUT2D eigenvalue weighted by Gasteiger charge is -2.04. The molecule has 0 radical (unpaired) electrons. The zero-order valence-corrected chi connectivity index (χ0v) is 9.87. The van der Waals surface area contributed by atoms with Gasteiger partial charge in [0, 0.05) is 12.1 Å². The van der Waals surface area contributed by atoms with Gasteiger partial charge in [-0.05, 0) is 0 Å². The number of aromatic nitrogens is 4. The van der Waals surface area contributed by atoms with Gasteiger partial charge in [0.05, 0.1) is 18.0 Å². The third kappa shape index (κ3) is 1.82. The minimum Gasteiger partial charge on any atom is -0.262 e. The van der Waals surface area contributed by atoms with Crippen LogP contribution >= 0.6 is 11.6 Å². The minimum atomic E-state index is -1.08. The maximum Gasteiger partial charge on any atom is 0.180 e. The molecule has 0 aliphatic heterocycles. The van der Waals surface area contributed by atoms with Crippen molar-refractivity contribution >= 4 is 17.2 Å². The lowest BCUT2D eigenvalue weighted by atomic mass is 10.2. The molecular weight excluding hydrogens is 281 g/mol. The average Bonchev–Trinajstić information content (AvgIpc) is 2.73. The predicted octanol–water partition coefficient (Wildman–Crippen LogP) is 2.86. The van der Waals surface area contributed by atoms with Crippen LogP contribution in [0.5, 0.6) is 0 Å². The number of nitrogens with zero attached hydrogens (tertiary/aromatic N) is 4. The Kier molecular flexibility index (Phi) is 2.63. The highest BCUT2D eigenvalue weighted by atomic mass is 35.5. The molecule has 1 aromatic carbocycles. The quantitative estimate of drug-likeness (QED) is 0.690. The van der Waals surface area contributed by atoms with Gasteiger partial charge in [-0.25, -0.2) is 13.2 Å². The molecule has 0 N–H and O–H groups in total. The lowest BCUT2D eigenvalue weighted by molar-refractivity contribution is 0.546. The third-order valence-corrected chi connectivity index (χ3v) is 2.77. The second-order valence-electron chi connectivity index (χ2n) is 3.69. The molecule has 0 spiro atoms. The average molecular weight is 285 g/mol. The number of halogens is 4. The topological polar surface area (TPSA) is 43.1 Å². The fourth-order valence-electron chi connectivity index (χ4n) is 1.73. The van der Waals surface area contributed by atoms with Crippen molar-refractivity contribution in [2.24, 2.45) is 0 Å². The van der Waals surface area contributed by atoms with E-state index in [1.54, 1.807) is 0 Å². The van der Waals surface area contributed by atoms with Crippen LogP contribution in [0.2, 0.25) is 5.15 Å². The third-order valence-electron chi connectivity index (χ3n) is 2.50. The molecule has 96 valence electrons. The van der Waals surface area contributed by atoms with Crippen LogP contribution in [0.25, 0.3) is 17.0 Å². The number of fused-ring (bicyclic) bond motifs is 1. The molecular formula is C11H4ClF3N4. The van der Waals surface area contributed by atoms with E-state index in [4.69, 9.17) is 11.6 Å². The molecule has 0 amide bonds. The second-order valence-corrected chi connectivity index (χ2v) is 4.08. The molecule has 2 heterocycles. The van der Waals surface area contributed by atoms with Crippen LogP contribution < -0.4 is 0 Å². The van der Waals surface area contributed by atoms with E-state index < -0.39 is 23.0 Å². The monoisotopic (exact) mass is 284 g/mol. The summed E-state index contributed by atoms with van der Waals surface area (Å²) in [6.45, 7) is 0. The van der Waals surface area contributed by atoms with Crippen molar-refractivity contribution in [1.29, 1.82) is 0 Å². The maximum absolute atomic E-state index is 13.7. The van der Waals surface area contributed by atoms with Gasteiger partial charge in [0.2, 0.25) is 0 Å². The van der Waals surface area contributed by atoms with Crippen LogP contribution in [-0.2, 0) is 0 Å². The summed E-state index contributed by atoms with van der Waals surface area (Å²) in [6, 6.07) is 1.13. The van der Waals surface area contributed by atoms with E-state index in [1.165, 1.54) is 16.8 Å². The van der Waals surface area contributed by atoms with Crippen molar-refractivity contribution in [3.63, 3.8) is 0 Å². The first-order valence-corrected chi connectivity index (χ1v) is 5.45. The number of hydrogen-bond donors (Lipinski definition) is 0. The van der Waals surface area contributed by atoms with Gasteiger partial charge in [0.15, 0.2) is 11.5 Å². The van der Waals surface area contributed by atoms with E-state index in [0.717, 1.165) is 0 Å². The molecule has 0 saturated heterocycles. The van der Waals surface area contributed by atoms with E-state index in [0.29, 0.717) is 12.1 Å². The molecule has 0 unspecified atom stereocenters. The first-order valence-electron chi connectivity index (χ1n) is 5.07. The first-order chi connectivity index (χ1) is 9.08. The number of benzene rings is 1. The molecule has 0 atom stereocenters. The summed E-state index contributed by atoms with van der Waals surface area (Å²) in [4.78, 5) is 3.78. The van der Waals surface area contributed by atoms with E-state index in [1.807, 2.05) is 0 Å². The SMILES string of the molecule is Fc1cc(F)c(-c2nnc3cncc(Cl)n23)c(F)c1. The smallest absolute Gasteiger partial charge is 0.180 e. The number of hydrogen-bond acceptors (Lipinski definition) is 3. The Labute approximate surface area is 109 Å². The van der Waals surface area contributed by atoms with Crippen LogP contribution in [0.4, 0.5) is 13.2 Å². The highest BCUT2D eigenvalue weighted by Crippen LogP contribution is 2.27. The van der Waals surface area contributed by atoms with Gasteiger partial charge in [-0.15, -0.1) is 10.2 Å². The summed E-state index contributed by atoms with van der Waals surface area (Å²) in [5.41, 5.74) is -0.271. The Morgan fingerprint density at radius 1 is 1.00 bits per heavy atom. The molecule has 0 aliphatic rings. The van der Waals surface area contributed by atoms with Crippen molar-refractivity contribution in [3.05, 3.63) is 47.1 Å². The van der Waals surface area contributed by atoms with Crippen molar-refractivity contribution in [3.8, 4) is 11.4 Å². The summed E-state index contributed by atoms with van der Waals surface area (Å²) in [7, 11) is 0. The molecule has 0 saturated carbocycles. The van der Waals surface area contributed by atoms with E-state index >= 15 is 0 Å². The predicted molar refractivity (Wildman–Crippen MR) is 61.1 cm³/mol. The fourth-order valence-corrected chi connectivity index (χ4v) is 1.95. The van der Waals surface area contributed by atoms with Gasteiger partial charge in [0.1, 0.15) is 22.6 Å². The van der Waals surface area contributed by atoms with E-state index in [-0.39, 0.29) is 16.6 Å². The summed E-state index contributed by atoms with van der Waals surface area (Å²) in [5, 5.41) is 7.45. The van der Waals surface area contributed by atoms with Gasteiger partial charge in [0.25, 0.3) is 0 Å². The van der Waals surface area contributed by atoms with Gasteiger partial charge >= 0.3 is 0 Å². The molecule has 8 heteroatoms. The van der Waals surface area contributed by atoms with Gasteiger partial charge in [-0.1, -0.05) is 11.6 Å². The molecule has 0 bridgehead atoms. The molecule has 3 aromatic rings. The van der Waals surface area contributed by atoms with Gasteiger partial charge in [-0.2, -0.15) is 0 Å². The van der Waals surface area contributed by atoms with E-state index in [2.05, 4.69) is 15.2 Å². The van der Waals surface area contributed by atoms with Crippen LogP contribution in [-0.4, -0.2) is 19.6 Å². The van der Waals surface area contributed by atoms with Gasteiger partial charge in [-0.3, -0.25) is 9.38 Å². The molecule has 19 heavy (non-hydrogen) atoms. The maximum atomic E-state index is 13.7. The molecule has 3 rings (SSSR count). The Balaban J connectivity index is 2.37. The molecule has 0 aliphatic carbocycles. The Morgan fingerprint density at radius 3 is 2.37 bits per heavy atom. The van der Waals surface area contributed by atoms with E-state index in [9.17, 15) is 13.2 Å². The summed E-state index contributed by atoms with van der Waals surface area (Å²) >= 11 is 5.89. The van der Waals surface area contributed by atoms with Crippen LogP contribution in [0.3, 0.4) is 0 Å². The molecule has 0 fully saturated rings. The largest absolute Gasteiger partial charge is 0.262 e. The summed E-state index contributed by atoms with van der Waals surface area (Å²) in [6.07, 6.45) is 2.61. The Bertz CT molecular complexity index is 764. The normalized spacial score (nSPS) is 11.2. The summed E-state index contributed by atoms with van der Waals surface area (Å²) in [5.74, 6) is -3.34. The standard InChI is InChI=1S/C11H4ClF3N4/c12-8-3-16-4-9-17-18-11(19(8)9)10-6(14)1-5(13)2-7(10)15/h1-4H. The summed E-state index contributed by atoms with van der Waals surface area (Å²) < 4.78 is 41.5. The van der Waals surface area contributed by atoms with Crippen molar-refractivity contribution < 1.29 is 13.2 Å². The Hall–Kier alpha value is -2.15. The number of rotatable bonds is 1. The van der Waals surface area contributed by atoms with Crippen LogP contribution in [0.1, 0.15) is 0 Å². The zero-order chi connectivity index (χ0) is 13.6. The minimum absolute atomic E-state index is 0.0839. The van der Waals surface area contributed by atoms with Gasteiger partial charge < -0.3 is 0 Å². The second kappa shape index (κ2) is 4.20. The molecule has 4 nitrogen and oxygen atoms in total. The highest BCUT2D eigenvalue weighted by Gasteiger charge is 2.20. The van der Waals surface area contributed by atoms with Crippen molar-refractivity contribution in [2.75, 3.05) is 0 Å². The zero-order valence-electron chi connectivity index (χ0n) is 9.11. The fraction of sp³-hybridized carbons (Fsp3) is 0. The Morgan fingerprint density at radius 2 is 1.68 bits per heavy atom. The first kappa shape index (κ1) is 11.9. The van der Waals surface area contributed by atoms with Crippen molar-refractivity contribution in [1.82, 2.24) is 19.6 Å². The van der Waals surface area contributed by atoms with Crippen LogP contribution in [0, 0.1) is 17.5 Å². The highest BCUT2D eigenvalue weighted by molar-refractivity contribution is 6.29. The lowest BCUT2D eigenvalue weighted by Crippen LogP contribution is -1.98. The van der Waals surface area contributed by atoms with Crippen LogP contribution in [0.15, 0.2) is 24.5 Å². The molecule has 2 aromatic heterocycles. The van der Waals surface area contributed by atoms with Crippen molar-refractivity contribution in [2.45, 2.75) is 0 Å².